The molecule has 0 amide bonds. The Morgan fingerprint density at radius 2 is 2.31 bits per heavy atom. The number of aliphatic hydroxyl groups excluding tert-OH is 1. The molecule has 74 valence electrons. The van der Waals surface area contributed by atoms with Crippen molar-refractivity contribution in [2.75, 3.05) is 6.61 Å². The lowest BCUT2D eigenvalue weighted by molar-refractivity contribution is 0.277. The summed E-state index contributed by atoms with van der Waals surface area (Å²) in [7, 11) is 0. The monoisotopic (exact) mass is 199 g/mol. The van der Waals surface area contributed by atoms with Crippen molar-refractivity contribution in [1.82, 2.24) is 0 Å². The summed E-state index contributed by atoms with van der Waals surface area (Å²) in [5.74, 6) is 0. The van der Waals surface area contributed by atoms with Crippen LogP contribution >= 0.6 is 11.3 Å². The van der Waals surface area contributed by atoms with Crippen LogP contribution in [0.25, 0.3) is 0 Å². The summed E-state index contributed by atoms with van der Waals surface area (Å²) in [6.07, 6.45) is 2.97. The van der Waals surface area contributed by atoms with E-state index in [9.17, 15) is 0 Å². The van der Waals surface area contributed by atoms with Crippen molar-refractivity contribution in [3.05, 3.63) is 21.9 Å². The minimum Gasteiger partial charge on any atom is -0.396 e. The summed E-state index contributed by atoms with van der Waals surface area (Å²) in [4.78, 5) is 2.59. The third-order valence-electron chi connectivity index (χ3n) is 1.98. The molecule has 0 bridgehead atoms. The van der Waals surface area contributed by atoms with Crippen LogP contribution in [0.5, 0.6) is 0 Å². The molecule has 0 saturated carbocycles. The second-order valence-corrected chi connectivity index (χ2v) is 4.37. The third kappa shape index (κ3) is 3.10. The molecule has 0 radical (unpaired) electrons. The average Bonchev–Trinajstić information content (AvgIpc) is 2.54. The normalized spacial score (nSPS) is 13.2. The van der Waals surface area contributed by atoms with Crippen molar-refractivity contribution in [3.63, 3.8) is 0 Å². The fraction of sp³-hybridized carbons (Fsp3) is 0.600. The van der Waals surface area contributed by atoms with E-state index in [1.165, 1.54) is 16.2 Å². The predicted octanol–water partition coefficient (Wildman–Crippen LogP) is 2.08. The van der Waals surface area contributed by atoms with E-state index in [-0.39, 0.29) is 12.6 Å². The minimum absolute atomic E-state index is 0.0145. The maximum atomic E-state index is 8.73. The van der Waals surface area contributed by atoms with Crippen LogP contribution in [-0.4, -0.2) is 11.7 Å². The first-order valence-electron chi connectivity index (χ1n) is 4.73. The summed E-state index contributed by atoms with van der Waals surface area (Å²) in [5.41, 5.74) is 5.87. The quantitative estimate of drug-likeness (QED) is 0.762. The predicted molar refractivity (Wildman–Crippen MR) is 56.9 cm³/mol. The fourth-order valence-corrected chi connectivity index (χ4v) is 2.41. The van der Waals surface area contributed by atoms with Crippen LogP contribution in [0.3, 0.4) is 0 Å². The molecule has 2 nitrogen and oxygen atoms in total. The number of rotatable bonds is 5. The first-order valence-corrected chi connectivity index (χ1v) is 5.54. The van der Waals surface area contributed by atoms with E-state index in [4.69, 9.17) is 10.8 Å². The van der Waals surface area contributed by atoms with Crippen molar-refractivity contribution in [2.45, 2.75) is 32.2 Å². The molecular formula is C10H17NOS. The van der Waals surface area contributed by atoms with Crippen LogP contribution in [0.1, 0.15) is 35.6 Å². The van der Waals surface area contributed by atoms with E-state index in [1.54, 1.807) is 11.3 Å². The molecule has 13 heavy (non-hydrogen) atoms. The molecule has 1 unspecified atom stereocenters. The van der Waals surface area contributed by atoms with Crippen molar-refractivity contribution in [3.8, 4) is 0 Å². The Morgan fingerprint density at radius 1 is 1.54 bits per heavy atom. The van der Waals surface area contributed by atoms with Crippen molar-refractivity contribution in [2.24, 2.45) is 5.73 Å². The Balaban J connectivity index is 2.56. The molecule has 1 rings (SSSR count). The number of aryl methyl sites for hydroxylation is 1. The van der Waals surface area contributed by atoms with Gasteiger partial charge in [0, 0.05) is 22.4 Å². The molecular weight excluding hydrogens is 182 g/mol. The minimum atomic E-state index is 0.0145. The van der Waals surface area contributed by atoms with E-state index in [1.807, 2.05) is 0 Å². The van der Waals surface area contributed by atoms with E-state index in [0.717, 1.165) is 6.42 Å². The lowest BCUT2D eigenvalue weighted by Gasteiger charge is -2.05. The molecule has 1 aromatic rings. The van der Waals surface area contributed by atoms with E-state index in [2.05, 4.69) is 19.1 Å². The highest BCUT2D eigenvalue weighted by Gasteiger charge is 2.07. The highest BCUT2D eigenvalue weighted by atomic mass is 32.1. The molecule has 0 aliphatic rings. The number of nitrogens with two attached hydrogens (primary N) is 1. The topological polar surface area (TPSA) is 46.2 Å². The Bertz CT molecular complexity index is 247. The lowest BCUT2D eigenvalue weighted by Crippen LogP contribution is -2.09. The van der Waals surface area contributed by atoms with E-state index in [0.29, 0.717) is 6.42 Å². The van der Waals surface area contributed by atoms with Gasteiger partial charge in [0.05, 0.1) is 0 Å². The molecule has 0 spiro atoms. The van der Waals surface area contributed by atoms with Gasteiger partial charge in [-0.15, -0.1) is 11.3 Å². The number of hydrogen-bond acceptors (Lipinski definition) is 3. The molecule has 1 atom stereocenters. The second kappa shape index (κ2) is 5.37. The van der Waals surface area contributed by atoms with Crippen LogP contribution in [0.4, 0.5) is 0 Å². The summed E-state index contributed by atoms with van der Waals surface area (Å²) in [5, 5.41) is 8.73. The van der Waals surface area contributed by atoms with Gasteiger partial charge in [-0.25, -0.2) is 0 Å². The average molecular weight is 199 g/mol. The van der Waals surface area contributed by atoms with Gasteiger partial charge < -0.3 is 10.8 Å². The molecule has 1 heterocycles. The Morgan fingerprint density at radius 3 is 2.92 bits per heavy atom. The third-order valence-corrected chi connectivity index (χ3v) is 3.26. The van der Waals surface area contributed by atoms with Crippen LogP contribution < -0.4 is 5.73 Å². The maximum Gasteiger partial charge on any atom is 0.0449 e. The zero-order chi connectivity index (χ0) is 9.68. The number of aliphatic hydroxyl groups is 1. The maximum absolute atomic E-state index is 8.73. The van der Waals surface area contributed by atoms with Crippen molar-refractivity contribution in [1.29, 1.82) is 0 Å². The first-order chi connectivity index (χ1) is 6.27. The molecule has 3 heteroatoms. The SMILES string of the molecule is CCCc1ccc(C(N)CCO)s1. The van der Waals surface area contributed by atoms with Gasteiger partial charge >= 0.3 is 0 Å². The van der Waals surface area contributed by atoms with Crippen LogP contribution in [0.15, 0.2) is 12.1 Å². The molecule has 0 aliphatic heterocycles. The Kier molecular flexibility index (Phi) is 4.42. The molecule has 0 fully saturated rings. The van der Waals surface area contributed by atoms with Gasteiger partial charge in [0.15, 0.2) is 0 Å². The summed E-state index contributed by atoms with van der Waals surface area (Å²) >= 11 is 1.77. The van der Waals surface area contributed by atoms with E-state index < -0.39 is 0 Å². The summed E-state index contributed by atoms with van der Waals surface area (Å²) < 4.78 is 0. The molecule has 0 aliphatic carbocycles. The zero-order valence-electron chi connectivity index (χ0n) is 7.99. The van der Waals surface area contributed by atoms with Crippen molar-refractivity contribution < 1.29 is 5.11 Å². The first kappa shape index (κ1) is 10.7. The lowest BCUT2D eigenvalue weighted by atomic mass is 10.2. The van der Waals surface area contributed by atoms with Gasteiger partial charge in [-0.2, -0.15) is 0 Å². The Labute approximate surface area is 83.4 Å². The van der Waals surface area contributed by atoms with Crippen LogP contribution in [0.2, 0.25) is 0 Å². The fourth-order valence-electron chi connectivity index (χ4n) is 1.26. The highest BCUT2D eigenvalue weighted by Crippen LogP contribution is 2.24. The van der Waals surface area contributed by atoms with Gasteiger partial charge in [-0.05, 0) is 25.0 Å². The molecule has 1 aromatic heterocycles. The largest absolute Gasteiger partial charge is 0.396 e. The second-order valence-electron chi connectivity index (χ2n) is 3.17. The summed E-state index contributed by atoms with van der Waals surface area (Å²) in [6.45, 7) is 2.34. The smallest absolute Gasteiger partial charge is 0.0449 e. The summed E-state index contributed by atoms with van der Waals surface area (Å²) in [6, 6.07) is 4.23. The van der Waals surface area contributed by atoms with Gasteiger partial charge in [0.2, 0.25) is 0 Å². The molecule has 0 saturated heterocycles. The number of hydrogen-bond donors (Lipinski definition) is 2. The van der Waals surface area contributed by atoms with Gasteiger partial charge in [-0.3, -0.25) is 0 Å². The van der Waals surface area contributed by atoms with Crippen LogP contribution in [0, 0.1) is 0 Å². The van der Waals surface area contributed by atoms with Gasteiger partial charge in [-0.1, -0.05) is 13.3 Å². The standard InChI is InChI=1S/C10H17NOS/c1-2-3-8-4-5-10(13-8)9(11)6-7-12/h4-5,9,12H,2-3,6-7,11H2,1H3. The van der Waals surface area contributed by atoms with Crippen LogP contribution in [-0.2, 0) is 6.42 Å². The van der Waals surface area contributed by atoms with Crippen molar-refractivity contribution >= 4 is 11.3 Å². The molecule has 3 N–H and O–H groups in total. The van der Waals surface area contributed by atoms with E-state index >= 15 is 0 Å². The van der Waals surface area contributed by atoms with Gasteiger partial charge in [0.25, 0.3) is 0 Å². The molecule has 0 aromatic carbocycles. The zero-order valence-corrected chi connectivity index (χ0v) is 8.81. The van der Waals surface area contributed by atoms with Gasteiger partial charge in [0.1, 0.15) is 0 Å². The number of thiophene rings is 1. The highest BCUT2D eigenvalue weighted by molar-refractivity contribution is 7.12. The Hall–Kier alpha value is -0.380.